The van der Waals surface area contributed by atoms with Crippen LogP contribution in [0.5, 0.6) is 0 Å². The maximum absolute atomic E-state index is 5.96. The zero-order valence-corrected chi connectivity index (χ0v) is 12.9. The van der Waals surface area contributed by atoms with Crippen molar-refractivity contribution in [1.82, 2.24) is 0 Å². The summed E-state index contributed by atoms with van der Waals surface area (Å²) < 4.78 is 1.16. The number of anilines is 1. The van der Waals surface area contributed by atoms with Gasteiger partial charge in [0.2, 0.25) is 0 Å². The van der Waals surface area contributed by atoms with Crippen molar-refractivity contribution >= 4 is 21.6 Å². The number of hydrogen-bond donors (Lipinski definition) is 1. The second kappa shape index (κ2) is 6.07. The molecule has 100 valence electrons. The lowest BCUT2D eigenvalue weighted by Gasteiger charge is -2.34. The largest absolute Gasteiger partial charge is 0.371 e. The van der Waals surface area contributed by atoms with E-state index in [0.717, 1.165) is 16.8 Å². The van der Waals surface area contributed by atoms with Crippen LogP contribution < -0.4 is 10.6 Å². The van der Waals surface area contributed by atoms with Gasteiger partial charge in [-0.25, -0.2) is 0 Å². The lowest BCUT2D eigenvalue weighted by Crippen LogP contribution is -2.35. The predicted octanol–water partition coefficient (Wildman–Crippen LogP) is 3.58. The summed E-state index contributed by atoms with van der Waals surface area (Å²) in [6, 6.07) is 6.79. The van der Waals surface area contributed by atoms with E-state index < -0.39 is 0 Å². The van der Waals surface area contributed by atoms with Gasteiger partial charge in [0.05, 0.1) is 0 Å². The normalized spacial score (nSPS) is 22.0. The molecular formula is C15H23BrN2. The van der Waals surface area contributed by atoms with Crippen molar-refractivity contribution in [2.75, 3.05) is 18.0 Å². The molecule has 0 spiro atoms. The van der Waals surface area contributed by atoms with Gasteiger partial charge in [-0.2, -0.15) is 0 Å². The number of halogens is 1. The van der Waals surface area contributed by atoms with Crippen molar-refractivity contribution < 1.29 is 0 Å². The minimum atomic E-state index is 0.215. The van der Waals surface area contributed by atoms with E-state index in [9.17, 15) is 0 Å². The molecule has 1 aliphatic heterocycles. The number of nitrogens with two attached hydrogens (primary N) is 1. The van der Waals surface area contributed by atoms with Crippen molar-refractivity contribution in [2.24, 2.45) is 11.7 Å². The van der Waals surface area contributed by atoms with E-state index in [2.05, 4.69) is 52.9 Å². The van der Waals surface area contributed by atoms with E-state index in [1.165, 1.54) is 37.2 Å². The minimum Gasteiger partial charge on any atom is -0.371 e. The maximum Gasteiger partial charge on any atom is 0.0410 e. The molecule has 0 aromatic heterocycles. The Balaban J connectivity index is 2.26. The van der Waals surface area contributed by atoms with Crippen LogP contribution in [-0.2, 0) is 6.42 Å². The second-order valence-corrected chi connectivity index (χ2v) is 6.56. The maximum atomic E-state index is 5.96. The molecule has 1 heterocycles. The lowest BCUT2D eigenvalue weighted by molar-refractivity contribution is 0.446. The van der Waals surface area contributed by atoms with Crippen molar-refractivity contribution in [2.45, 2.75) is 39.2 Å². The van der Waals surface area contributed by atoms with Gasteiger partial charge in [-0.1, -0.05) is 28.9 Å². The average molecular weight is 311 g/mol. The zero-order valence-electron chi connectivity index (χ0n) is 11.3. The van der Waals surface area contributed by atoms with Crippen LogP contribution in [0.15, 0.2) is 22.7 Å². The predicted molar refractivity (Wildman–Crippen MR) is 82.1 cm³/mol. The Morgan fingerprint density at radius 1 is 1.50 bits per heavy atom. The number of hydrogen-bond acceptors (Lipinski definition) is 2. The van der Waals surface area contributed by atoms with Crippen molar-refractivity contribution in [3.8, 4) is 0 Å². The Kier molecular flexibility index (Phi) is 4.68. The van der Waals surface area contributed by atoms with Gasteiger partial charge in [0.25, 0.3) is 0 Å². The number of rotatable bonds is 3. The summed E-state index contributed by atoms with van der Waals surface area (Å²) in [7, 11) is 0. The van der Waals surface area contributed by atoms with Crippen LogP contribution >= 0.6 is 15.9 Å². The number of nitrogens with zero attached hydrogens (tertiary/aromatic N) is 1. The summed E-state index contributed by atoms with van der Waals surface area (Å²) in [4.78, 5) is 2.52. The number of benzene rings is 1. The van der Waals surface area contributed by atoms with E-state index in [1.807, 2.05) is 0 Å². The molecule has 2 rings (SSSR count). The quantitative estimate of drug-likeness (QED) is 0.924. The molecule has 1 aliphatic rings. The van der Waals surface area contributed by atoms with Crippen LogP contribution in [0.2, 0.25) is 0 Å². The fourth-order valence-electron chi connectivity index (χ4n) is 2.76. The van der Waals surface area contributed by atoms with Gasteiger partial charge < -0.3 is 10.6 Å². The first kappa shape index (κ1) is 13.9. The second-order valence-electron chi connectivity index (χ2n) is 5.65. The number of piperidine rings is 1. The van der Waals surface area contributed by atoms with E-state index in [0.29, 0.717) is 0 Å². The highest BCUT2D eigenvalue weighted by atomic mass is 79.9. The molecule has 18 heavy (non-hydrogen) atoms. The standard InChI is InChI=1S/C15H23BrN2/c1-11-4-3-7-18(10-11)15-9-14(16)6-5-13(15)8-12(2)17/h5-6,9,11-12H,3-4,7-8,10,17H2,1-2H3. The molecule has 1 aromatic rings. The fourth-order valence-corrected chi connectivity index (χ4v) is 3.11. The molecule has 2 nitrogen and oxygen atoms in total. The lowest BCUT2D eigenvalue weighted by atomic mass is 9.97. The van der Waals surface area contributed by atoms with Crippen LogP contribution in [-0.4, -0.2) is 19.1 Å². The molecule has 2 unspecified atom stereocenters. The van der Waals surface area contributed by atoms with E-state index in [1.54, 1.807) is 0 Å². The first-order chi connectivity index (χ1) is 8.56. The minimum absolute atomic E-state index is 0.215. The smallest absolute Gasteiger partial charge is 0.0410 e. The molecule has 3 heteroatoms. The summed E-state index contributed by atoms with van der Waals surface area (Å²) in [6.07, 6.45) is 3.60. The summed E-state index contributed by atoms with van der Waals surface area (Å²) in [5.74, 6) is 0.792. The molecule has 0 radical (unpaired) electrons. The van der Waals surface area contributed by atoms with E-state index in [-0.39, 0.29) is 6.04 Å². The molecule has 0 aliphatic carbocycles. The topological polar surface area (TPSA) is 29.3 Å². The van der Waals surface area contributed by atoms with Gasteiger partial charge in [0.1, 0.15) is 0 Å². The molecule has 2 atom stereocenters. The Morgan fingerprint density at radius 2 is 2.28 bits per heavy atom. The van der Waals surface area contributed by atoms with E-state index >= 15 is 0 Å². The van der Waals surface area contributed by atoms with Crippen LogP contribution in [0.3, 0.4) is 0 Å². The van der Waals surface area contributed by atoms with Crippen LogP contribution in [0, 0.1) is 5.92 Å². The van der Waals surface area contributed by atoms with Gasteiger partial charge >= 0.3 is 0 Å². The fraction of sp³-hybridized carbons (Fsp3) is 0.600. The zero-order chi connectivity index (χ0) is 13.1. The van der Waals surface area contributed by atoms with Crippen LogP contribution in [0.25, 0.3) is 0 Å². The molecule has 1 aromatic carbocycles. The van der Waals surface area contributed by atoms with Gasteiger partial charge in [-0.3, -0.25) is 0 Å². The molecule has 2 N–H and O–H groups in total. The molecule has 0 amide bonds. The first-order valence-electron chi connectivity index (χ1n) is 6.85. The first-order valence-corrected chi connectivity index (χ1v) is 7.64. The highest BCUT2D eigenvalue weighted by Crippen LogP contribution is 2.29. The SMILES string of the molecule is CC(N)Cc1ccc(Br)cc1N1CCCC(C)C1. The van der Waals surface area contributed by atoms with Gasteiger partial charge in [0.15, 0.2) is 0 Å². The van der Waals surface area contributed by atoms with Crippen LogP contribution in [0.1, 0.15) is 32.3 Å². The third-order valence-corrected chi connectivity index (χ3v) is 4.08. The summed E-state index contributed by atoms with van der Waals surface area (Å²) in [6.45, 7) is 6.76. The Morgan fingerprint density at radius 3 is 2.94 bits per heavy atom. The highest BCUT2D eigenvalue weighted by molar-refractivity contribution is 9.10. The van der Waals surface area contributed by atoms with Gasteiger partial charge in [-0.05, 0) is 49.8 Å². The Hall–Kier alpha value is -0.540. The van der Waals surface area contributed by atoms with Crippen molar-refractivity contribution in [3.05, 3.63) is 28.2 Å². The summed E-state index contributed by atoms with van der Waals surface area (Å²) in [5, 5.41) is 0. The Labute approximate surface area is 119 Å². The van der Waals surface area contributed by atoms with E-state index in [4.69, 9.17) is 5.73 Å². The summed E-state index contributed by atoms with van der Waals surface area (Å²) in [5.41, 5.74) is 8.70. The molecule has 0 bridgehead atoms. The van der Waals surface area contributed by atoms with Gasteiger partial charge in [-0.15, -0.1) is 0 Å². The van der Waals surface area contributed by atoms with Gasteiger partial charge in [0, 0.05) is 29.3 Å². The third-order valence-electron chi connectivity index (χ3n) is 3.59. The Bertz CT molecular complexity index is 403. The molecule has 1 fully saturated rings. The molecule has 0 saturated carbocycles. The highest BCUT2D eigenvalue weighted by Gasteiger charge is 2.19. The van der Waals surface area contributed by atoms with Crippen molar-refractivity contribution in [3.63, 3.8) is 0 Å². The molecular weight excluding hydrogens is 288 g/mol. The summed E-state index contributed by atoms with van der Waals surface area (Å²) >= 11 is 3.59. The average Bonchev–Trinajstić information content (AvgIpc) is 2.31. The van der Waals surface area contributed by atoms with Crippen molar-refractivity contribution in [1.29, 1.82) is 0 Å². The van der Waals surface area contributed by atoms with Crippen LogP contribution in [0.4, 0.5) is 5.69 Å². The molecule has 1 saturated heterocycles. The monoisotopic (exact) mass is 310 g/mol. The third kappa shape index (κ3) is 3.48.